The molecule has 84 valence electrons. The molecule has 1 N–H and O–H groups in total. The normalized spacial score (nSPS) is 10.7. The minimum absolute atomic E-state index is 0.743. The summed E-state index contributed by atoms with van der Waals surface area (Å²) in [5, 5.41) is 0.822. The molecule has 0 unspecified atom stereocenters. The van der Waals surface area contributed by atoms with Crippen LogP contribution in [0.25, 0.3) is 0 Å². The highest BCUT2D eigenvalue weighted by Crippen LogP contribution is 2.22. The fourth-order valence-electron chi connectivity index (χ4n) is 1.28. The summed E-state index contributed by atoms with van der Waals surface area (Å²) in [5.41, 5.74) is 1.14. The first-order chi connectivity index (χ1) is 7.13. The third kappa shape index (κ3) is 4.10. The summed E-state index contributed by atoms with van der Waals surface area (Å²) in [6.45, 7) is 3.84. The molecule has 0 spiro atoms. The lowest BCUT2D eigenvalue weighted by Gasteiger charge is -2.10. The van der Waals surface area contributed by atoms with Crippen LogP contribution in [0.2, 0.25) is 5.02 Å². The molecule has 15 heavy (non-hydrogen) atoms. The molecule has 0 saturated heterocycles. The minimum atomic E-state index is 0.743. The quantitative estimate of drug-likeness (QED) is 0.805. The van der Waals surface area contributed by atoms with Crippen molar-refractivity contribution in [3.8, 4) is 5.75 Å². The SMILES string of the molecule is CCc1cc(OCC[NH+](C)C)ccc1Cl. The molecule has 0 radical (unpaired) electrons. The van der Waals surface area contributed by atoms with Crippen molar-refractivity contribution in [3.05, 3.63) is 28.8 Å². The third-order valence-electron chi connectivity index (χ3n) is 2.27. The Balaban J connectivity index is 2.54. The van der Waals surface area contributed by atoms with E-state index >= 15 is 0 Å². The van der Waals surface area contributed by atoms with Crippen molar-refractivity contribution in [2.75, 3.05) is 27.2 Å². The average Bonchev–Trinajstić information content (AvgIpc) is 2.20. The molecular formula is C12H19ClNO+. The number of likely N-dealkylation sites (N-methyl/N-ethyl adjacent to an activating group) is 1. The molecule has 0 amide bonds. The van der Waals surface area contributed by atoms with E-state index in [0.717, 1.165) is 35.9 Å². The molecule has 0 aromatic heterocycles. The molecule has 1 aromatic rings. The lowest BCUT2D eigenvalue weighted by Crippen LogP contribution is -3.06. The Hall–Kier alpha value is -0.730. The van der Waals surface area contributed by atoms with Crippen LogP contribution in [-0.4, -0.2) is 27.2 Å². The second-order valence-electron chi connectivity index (χ2n) is 3.91. The van der Waals surface area contributed by atoms with Crippen molar-refractivity contribution in [2.24, 2.45) is 0 Å². The Morgan fingerprint density at radius 2 is 2.07 bits per heavy atom. The van der Waals surface area contributed by atoms with Crippen molar-refractivity contribution in [3.63, 3.8) is 0 Å². The van der Waals surface area contributed by atoms with Crippen LogP contribution in [0.5, 0.6) is 5.75 Å². The lowest BCUT2D eigenvalue weighted by atomic mass is 10.1. The highest BCUT2D eigenvalue weighted by Gasteiger charge is 2.01. The molecule has 0 aliphatic carbocycles. The molecule has 2 nitrogen and oxygen atoms in total. The number of hydrogen-bond acceptors (Lipinski definition) is 1. The molecule has 3 heteroatoms. The molecule has 0 saturated carbocycles. The van der Waals surface area contributed by atoms with E-state index in [1.165, 1.54) is 4.90 Å². The van der Waals surface area contributed by atoms with Crippen LogP contribution in [0.15, 0.2) is 18.2 Å². The summed E-state index contributed by atoms with van der Waals surface area (Å²) >= 11 is 6.02. The molecule has 0 bridgehead atoms. The number of hydrogen-bond donors (Lipinski definition) is 1. The van der Waals surface area contributed by atoms with Gasteiger partial charge in [0.2, 0.25) is 0 Å². The molecule has 0 fully saturated rings. The summed E-state index contributed by atoms with van der Waals surface area (Å²) in [7, 11) is 4.23. The minimum Gasteiger partial charge on any atom is -0.488 e. The standard InChI is InChI=1S/C12H18ClNO/c1-4-10-9-11(5-6-12(10)13)15-8-7-14(2)3/h5-6,9H,4,7-8H2,1-3H3/p+1. The predicted octanol–water partition coefficient (Wildman–Crippen LogP) is 1.43. The van der Waals surface area contributed by atoms with Gasteiger partial charge < -0.3 is 9.64 Å². The number of aryl methyl sites for hydroxylation is 1. The molecule has 0 aliphatic heterocycles. The third-order valence-corrected chi connectivity index (χ3v) is 2.64. The van der Waals surface area contributed by atoms with E-state index in [4.69, 9.17) is 16.3 Å². The smallest absolute Gasteiger partial charge is 0.137 e. The fraction of sp³-hybridized carbons (Fsp3) is 0.500. The summed E-state index contributed by atoms with van der Waals surface area (Å²) in [6.07, 6.45) is 0.939. The predicted molar refractivity (Wildman–Crippen MR) is 64.0 cm³/mol. The molecule has 0 aliphatic rings. The van der Waals surface area contributed by atoms with E-state index in [-0.39, 0.29) is 0 Å². The zero-order valence-corrected chi connectivity index (χ0v) is 10.4. The highest BCUT2D eigenvalue weighted by atomic mass is 35.5. The van der Waals surface area contributed by atoms with E-state index < -0.39 is 0 Å². The van der Waals surface area contributed by atoms with E-state index in [2.05, 4.69) is 21.0 Å². The number of nitrogens with one attached hydrogen (secondary N) is 1. The van der Waals surface area contributed by atoms with E-state index in [9.17, 15) is 0 Å². The van der Waals surface area contributed by atoms with Crippen LogP contribution < -0.4 is 9.64 Å². The Bertz CT molecular complexity index is 312. The molecular weight excluding hydrogens is 210 g/mol. The second kappa shape index (κ2) is 5.99. The Morgan fingerprint density at radius 1 is 1.33 bits per heavy atom. The van der Waals surface area contributed by atoms with Gasteiger partial charge in [0, 0.05) is 5.02 Å². The van der Waals surface area contributed by atoms with Crippen molar-refractivity contribution < 1.29 is 9.64 Å². The summed E-state index contributed by atoms with van der Waals surface area (Å²) < 4.78 is 5.63. The molecule has 1 rings (SSSR count). The zero-order chi connectivity index (χ0) is 11.3. The van der Waals surface area contributed by atoms with Crippen LogP contribution in [0.4, 0.5) is 0 Å². The maximum atomic E-state index is 6.02. The van der Waals surface area contributed by atoms with Gasteiger partial charge in [-0.25, -0.2) is 0 Å². The van der Waals surface area contributed by atoms with Gasteiger partial charge in [0.15, 0.2) is 0 Å². The van der Waals surface area contributed by atoms with Crippen LogP contribution in [0.1, 0.15) is 12.5 Å². The maximum absolute atomic E-state index is 6.02. The number of quaternary nitrogens is 1. The zero-order valence-electron chi connectivity index (χ0n) is 9.64. The van der Waals surface area contributed by atoms with Crippen molar-refractivity contribution >= 4 is 11.6 Å². The van der Waals surface area contributed by atoms with Crippen molar-refractivity contribution in [1.82, 2.24) is 0 Å². The Morgan fingerprint density at radius 3 is 2.67 bits per heavy atom. The van der Waals surface area contributed by atoms with Crippen LogP contribution >= 0.6 is 11.6 Å². The van der Waals surface area contributed by atoms with Gasteiger partial charge in [-0.3, -0.25) is 0 Å². The van der Waals surface area contributed by atoms with E-state index in [1.807, 2.05) is 18.2 Å². The largest absolute Gasteiger partial charge is 0.488 e. The summed E-state index contributed by atoms with van der Waals surface area (Å²) in [6, 6.07) is 5.85. The first kappa shape index (κ1) is 12.3. The number of rotatable bonds is 5. The van der Waals surface area contributed by atoms with Gasteiger partial charge >= 0.3 is 0 Å². The molecule has 0 heterocycles. The molecule has 1 aromatic carbocycles. The van der Waals surface area contributed by atoms with Gasteiger partial charge in [-0.05, 0) is 30.2 Å². The van der Waals surface area contributed by atoms with Crippen molar-refractivity contribution in [2.45, 2.75) is 13.3 Å². The molecule has 0 atom stereocenters. The monoisotopic (exact) mass is 228 g/mol. The number of benzene rings is 1. The van der Waals surface area contributed by atoms with Gasteiger partial charge in [0.1, 0.15) is 18.9 Å². The van der Waals surface area contributed by atoms with Gasteiger partial charge in [-0.1, -0.05) is 18.5 Å². The van der Waals surface area contributed by atoms with E-state index in [1.54, 1.807) is 0 Å². The van der Waals surface area contributed by atoms with E-state index in [0.29, 0.717) is 0 Å². The highest BCUT2D eigenvalue weighted by molar-refractivity contribution is 6.31. The van der Waals surface area contributed by atoms with Crippen LogP contribution in [0.3, 0.4) is 0 Å². The average molecular weight is 229 g/mol. The Kier molecular flexibility index (Phi) is 4.92. The van der Waals surface area contributed by atoms with Crippen molar-refractivity contribution in [1.29, 1.82) is 0 Å². The second-order valence-corrected chi connectivity index (χ2v) is 4.32. The van der Waals surface area contributed by atoms with Gasteiger partial charge in [0.05, 0.1) is 14.1 Å². The first-order valence-electron chi connectivity index (χ1n) is 5.33. The lowest BCUT2D eigenvalue weighted by molar-refractivity contribution is -0.858. The summed E-state index contributed by atoms with van der Waals surface area (Å²) in [5.74, 6) is 0.914. The topological polar surface area (TPSA) is 13.7 Å². The number of halogens is 1. The Labute approximate surface area is 96.8 Å². The van der Waals surface area contributed by atoms with Gasteiger partial charge in [0.25, 0.3) is 0 Å². The van der Waals surface area contributed by atoms with Crippen LogP contribution in [-0.2, 0) is 6.42 Å². The fourth-order valence-corrected chi connectivity index (χ4v) is 1.54. The maximum Gasteiger partial charge on any atom is 0.137 e. The van der Waals surface area contributed by atoms with Gasteiger partial charge in [-0.15, -0.1) is 0 Å². The van der Waals surface area contributed by atoms with Crippen LogP contribution in [0, 0.1) is 0 Å². The number of ether oxygens (including phenoxy) is 1. The first-order valence-corrected chi connectivity index (χ1v) is 5.71. The van der Waals surface area contributed by atoms with Gasteiger partial charge in [-0.2, -0.15) is 0 Å². The summed E-state index contributed by atoms with van der Waals surface area (Å²) in [4.78, 5) is 1.39.